The quantitative estimate of drug-likeness (QED) is 0.657. The van der Waals surface area contributed by atoms with E-state index in [1.807, 2.05) is 18.2 Å². The maximum atomic E-state index is 11.5. The molecule has 0 aliphatic heterocycles. The summed E-state index contributed by atoms with van der Waals surface area (Å²) >= 11 is 0. The minimum Gasteiger partial charge on any atom is -0.492 e. The van der Waals surface area contributed by atoms with Crippen LogP contribution < -0.4 is 9.46 Å². The van der Waals surface area contributed by atoms with Gasteiger partial charge in [0.2, 0.25) is 10.0 Å². The van der Waals surface area contributed by atoms with Crippen molar-refractivity contribution >= 4 is 16.0 Å². The van der Waals surface area contributed by atoms with Crippen LogP contribution in [-0.2, 0) is 14.8 Å². The fourth-order valence-electron chi connectivity index (χ4n) is 1.37. The Hall–Kier alpha value is -1.60. The molecule has 0 amide bonds. The van der Waals surface area contributed by atoms with E-state index in [4.69, 9.17) is 9.84 Å². The Balaban J connectivity index is 2.19. The van der Waals surface area contributed by atoms with Gasteiger partial charge in [0.1, 0.15) is 12.4 Å². The number of hydrogen-bond donors (Lipinski definition) is 2. The van der Waals surface area contributed by atoms with Crippen LogP contribution in [0.1, 0.15) is 12.8 Å². The van der Waals surface area contributed by atoms with E-state index >= 15 is 0 Å². The van der Waals surface area contributed by atoms with E-state index in [0.29, 0.717) is 5.75 Å². The zero-order valence-corrected chi connectivity index (χ0v) is 11.2. The molecule has 0 heterocycles. The first kappa shape index (κ1) is 15.5. The van der Waals surface area contributed by atoms with Crippen LogP contribution in [0, 0.1) is 0 Å². The highest BCUT2D eigenvalue weighted by Crippen LogP contribution is 2.07. The number of carbonyl (C=O) groups is 1. The van der Waals surface area contributed by atoms with Gasteiger partial charge in [-0.1, -0.05) is 18.2 Å². The van der Waals surface area contributed by atoms with Crippen LogP contribution in [0.2, 0.25) is 0 Å². The molecule has 2 N–H and O–H groups in total. The van der Waals surface area contributed by atoms with Gasteiger partial charge in [0.25, 0.3) is 0 Å². The van der Waals surface area contributed by atoms with Gasteiger partial charge < -0.3 is 9.84 Å². The highest BCUT2D eigenvalue weighted by atomic mass is 32.2. The van der Waals surface area contributed by atoms with Crippen molar-refractivity contribution in [3.63, 3.8) is 0 Å². The molecule has 1 aromatic carbocycles. The van der Waals surface area contributed by atoms with Crippen LogP contribution in [0.5, 0.6) is 5.75 Å². The van der Waals surface area contributed by atoms with Gasteiger partial charge in [-0.3, -0.25) is 4.79 Å². The molecule has 106 valence electrons. The second kappa shape index (κ2) is 7.75. The Labute approximate surface area is 112 Å². The fraction of sp³-hybridized carbons (Fsp3) is 0.417. The summed E-state index contributed by atoms with van der Waals surface area (Å²) in [5, 5.41) is 8.42. The molecule has 1 rings (SSSR count). The number of nitrogens with one attached hydrogen (secondary N) is 1. The molecule has 0 aliphatic rings. The Morgan fingerprint density at radius 3 is 2.58 bits per heavy atom. The van der Waals surface area contributed by atoms with Gasteiger partial charge >= 0.3 is 5.97 Å². The van der Waals surface area contributed by atoms with E-state index in [1.165, 1.54) is 0 Å². The van der Waals surface area contributed by atoms with Gasteiger partial charge in [-0.2, -0.15) is 0 Å². The number of benzene rings is 1. The SMILES string of the molecule is O=C(O)CCCS(=O)(=O)NCCOc1ccccc1. The van der Waals surface area contributed by atoms with E-state index in [1.54, 1.807) is 12.1 Å². The van der Waals surface area contributed by atoms with Gasteiger partial charge in [-0.15, -0.1) is 0 Å². The third-order valence-electron chi connectivity index (χ3n) is 2.24. The summed E-state index contributed by atoms with van der Waals surface area (Å²) in [6.45, 7) is 0.381. The highest BCUT2D eigenvalue weighted by molar-refractivity contribution is 7.89. The molecule has 7 heteroatoms. The topological polar surface area (TPSA) is 92.7 Å². The highest BCUT2D eigenvalue weighted by Gasteiger charge is 2.10. The third kappa shape index (κ3) is 7.43. The zero-order chi connectivity index (χ0) is 14.1. The first-order valence-corrected chi connectivity index (χ1v) is 7.52. The van der Waals surface area contributed by atoms with Crippen LogP contribution in [0.25, 0.3) is 0 Å². The van der Waals surface area contributed by atoms with E-state index in [9.17, 15) is 13.2 Å². The Bertz CT molecular complexity index is 486. The van der Waals surface area contributed by atoms with Gasteiger partial charge in [0.05, 0.1) is 5.75 Å². The van der Waals surface area contributed by atoms with Crippen LogP contribution in [0.4, 0.5) is 0 Å². The van der Waals surface area contributed by atoms with Crippen LogP contribution in [0.3, 0.4) is 0 Å². The standard InChI is InChI=1S/C12H17NO5S/c14-12(15)7-4-10-19(16,17)13-8-9-18-11-5-2-1-3-6-11/h1-3,5-6,13H,4,7-10H2,(H,14,15). The lowest BCUT2D eigenvalue weighted by Gasteiger charge is -2.08. The summed E-state index contributed by atoms with van der Waals surface area (Å²) < 4.78 is 30.6. The molecule has 0 aliphatic carbocycles. The number of aliphatic carboxylic acids is 1. The summed E-state index contributed by atoms with van der Waals surface area (Å²) in [7, 11) is -3.43. The molecule has 1 aromatic rings. The largest absolute Gasteiger partial charge is 0.492 e. The summed E-state index contributed by atoms with van der Waals surface area (Å²) in [5.74, 6) is -0.514. The van der Waals surface area contributed by atoms with Crippen molar-refractivity contribution in [1.82, 2.24) is 4.72 Å². The average molecular weight is 287 g/mol. The molecule has 0 aromatic heterocycles. The number of hydrogen-bond acceptors (Lipinski definition) is 4. The maximum absolute atomic E-state index is 11.5. The third-order valence-corrected chi connectivity index (χ3v) is 3.71. The molecule has 0 unspecified atom stereocenters. The molecular weight excluding hydrogens is 270 g/mol. The van der Waals surface area contributed by atoms with Crippen molar-refractivity contribution in [3.05, 3.63) is 30.3 Å². The maximum Gasteiger partial charge on any atom is 0.303 e. The fourth-order valence-corrected chi connectivity index (χ4v) is 2.43. The molecule has 0 spiro atoms. The first-order valence-electron chi connectivity index (χ1n) is 5.86. The van der Waals surface area contributed by atoms with E-state index in [2.05, 4.69) is 4.72 Å². The van der Waals surface area contributed by atoms with Gasteiger partial charge in [-0.25, -0.2) is 13.1 Å². The molecule has 0 bridgehead atoms. The van der Waals surface area contributed by atoms with Crippen molar-refractivity contribution in [1.29, 1.82) is 0 Å². The molecule has 0 saturated carbocycles. The summed E-state index contributed by atoms with van der Waals surface area (Å²) in [6, 6.07) is 9.07. The van der Waals surface area contributed by atoms with Crippen molar-refractivity contribution in [3.8, 4) is 5.75 Å². The molecule has 0 radical (unpaired) electrons. The van der Waals surface area contributed by atoms with Crippen molar-refractivity contribution in [2.75, 3.05) is 18.9 Å². The minimum atomic E-state index is -3.43. The average Bonchev–Trinajstić information content (AvgIpc) is 2.35. The van der Waals surface area contributed by atoms with Crippen molar-refractivity contribution in [2.45, 2.75) is 12.8 Å². The number of rotatable bonds is 9. The smallest absolute Gasteiger partial charge is 0.303 e. The molecule has 19 heavy (non-hydrogen) atoms. The predicted molar refractivity (Wildman–Crippen MR) is 70.6 cm³/mol. The zero-order valence-electron chi connectivity index (χ0n) is 10.4. The molecule has 0 fully saturated rings. The number of ether oxygens (including phenoxy) is 1. The first-order chi connectivity index (χ1) is 8.99. The van der Waals surface area contributed by atoms with Gasteiger partial charge in [0.15, 0.2) is 0 Å². The van der Waals surface area contributed by atoms with Crippen molar-refractivity contribution in [2.24, 2.45) is 0 Å². The number of para-hydroxylation sites is 1. The van der Waals surface area contributed by atoms with Gasteiger partial charge in [-0.05, 0) is 18.6 Å². The predicted octanol–water partition coefficient (Wildman–Crippen LogP) is 0.850. The molecular formula is C12H17NO5S. The van der Waals surface area contributed by atoms with Crippen LogP contribution in [-0.4, -0.2) is 38.4 Å². The van der Waals surface area contributed by atoms with Crippen LogP contribution in [0.15, 0.2) is 30.3 Å². The number of carboxylic acids is 1. The summed E-state index contributed by atoms with van der Waals surface area (Å²) in [5.41, 5.74) is 0. The second-order valence-corrected chi connectivity index (χ2v) is 5.80. The second-order valence-electron chi connectivity index (χ2n) is 3.87. The van der Waals surface area contributed by atoms with E-state index in [-0.39, 0.29) is 31.7 Å². The summed E-state index contributed by atoms with van der Waals surface area (Å²) in [4.78, 5) is 10.3. The number of sulfonamides is 1. The number of carboxylic acid groups (broad SMARTS) is 1. The van der Waals surface area contributed by atoms with Crippen molar-refractivity contribution < 1.29 is 23.1 Å². The van der Waals surface area contributed by atoms with Crippen LogP contribution >= 0.6 is 0 Å². The van der Waals surface area contributed by atoms with E-state index in [0.717, 1.165) is 0 Å². The molecule has 6 nitrogen and oxygen atoms in total. The lowest BCUT2D eigenvalue weighted by Crippen LogP contribution is -2.30. The van der Waals surface area contributed by atoms with Gasteiger partial charge in [0, 0.05) is 13.0 Å². The Kier molecular flexibility index (Phi) is 6.31. The Morgan fingerprint density at radius 1 is 1.26 bits per heavy atom. The lowest BCUT2D eigenvalue weighted by atomic mass is 10.3. The summed E-state index contributed by atoms with van der Waals surface area (Å²) in [6.07, 6.45) is -0.0500. The molecule has 0 saturated heterocycles. The Morgan fingerprint density at radius 2 is 1.95 bits per heavy atom. The van der Waals surface area contributed by atoms with E-state index < -0.39 is 16.0 Å². The normalized spacial score (nSPS) is 11.2. The molecule has 0 atom stereocenters. The monoisotopic (exact) mass is 287 g/mol. The minimum absolute atomic E-state index is 0.101. The lowest BCUT2D eigenvalue weighted by molar-refractivity contribution is -0.137.